The third kappa shape index (κ3) is 3.03. The molecule has 2 heterocycles. The van der Waals surface area contributed by atoms with Crippen LogP contribution in [0.25, 0.3) is 0 Å². The molecule has 29 heavy (non-hydrogen) atoms. The highest BCUT2D eigenvalue weighted by atomic mass is 16.6. The van der Waals surface area contributed by atoms with Crippen molar-refractivity contribution in [2.24, 2.45) is 0 Å². The zero-order valence-electron chi connectivity index (χ0n) is 17.1. The van der Waals surface area contributed by atoms with Gasteiger partial charge in [0.05, 0.1) is 12.5 Å². The lowest BCUT2D eigenvalue weighted by atomic mass is 9.72. The molecule has 2 aromatic rings. The second-order valence-electron chi connectivity index (χ2n) is 8.56. The quantitative estimate of drug-likeness (QED) is 0.783. The van der Waals surface area contributed by atoms with Gasteiger partial charge >= 0.3 is 12.1 Å². The first kappa shape index (κ1) is 19.3. The second-order valence-corrected chi connectivity index (χ2v) is 8.56. The number of fused-ring (bicyclic) bond motifs is 3. The van der Waals surface area contributed by atoms with Gasteiger partial charge in [0.25, 0.3) is 0 Å². The number of anilines is 1. The van der Waals surface area contributed by atoms with Crippen LogP contribution in [0.1, 0.15) is 38.3 Å². The fourth-order valence-electron chi connectivity index (χ4n) is 4.57. The molecule has 6 nitrogen and oxygen atoms in total. The first-order valence-electron chi connectivity index (χ1n) is 9.78. The van der Waals surface area contributed by atoms with Crippen LogP contribution in [0, 0.1) is 0 Å². The average Bonchev–Trinajstić information content (AvgIpc) is 3.19. The van der Waals surface area contributed by atoms with E-state index in [1.54, 1.807) is 0 Å². The predicted molar refractivity (Wildman–Crippen MR) is 110 cm³/mol. The summed E-state index contributed by atoms with van der Waals surface area (Å²) in [5, 5.41) is 3.48. The number of para-hydroxylation sites is 1. The fourth-order valence-corrected chi connectivity index (χ4v) is 4.57. The number of carbonyl (C=O) groups is 2. The number of esters is 1. The van der Waals surface area contributed by atoms with E-state index < -0.39 is 35.3 Å². The Bertz CT molecular complexity index is 937. The Morgan fingerprint density at radius 3 is 2.38 bits per heavy atom. The van der Waals surface area contributed by atoms with Crippen molar-refractivity contribution in [3.63, 3.8) is 0 Å². The molecule has 1 N–H and O–H groups in total. The molecular weight excluding hydrogens is 368 g/mol. The van der Waals surface area contributed by atoms with E-state index in [9.17, 15) is 9.59 Å². The zero-order valence-corrected chi connectivity index (χ0v) is 17.1. The van der Waals surface area contributed by atoms with E-state index in [1.165, 1.54) is 12.0 Å². The first-order valence-corrected chi connectivity index (χ1v) is 9.78. The maximum atomic E-state index is 13.2. The van der Waals surface area contributed by atoms with Gasteiger partial charge in [0.15, 0.2) is 0 Å². The summed E-state index contributed by atoms with van der Waals surface area (Å²) in [6.07, 6.45) is -0.574. The minimum Gasteiger partial charge on any atom is -0.467 e. The molecule has 3 atom stereocenters. The van der Waals surface area contributed by atoms with Crippen molar-refractivity contribution in [1.29, 1.82) is 0 Å². The predicted octanol–water partition coefficient (Wildman–Crippen LogP) is 3.91. The molecule has 0 saturated carbocycles. The Morgan fingerprint density at radius 1 is 1.07 bits per heavy atom. The van der Waals surface area contributed by atoms with Gasteiger partial charge in [-0.2, -0.15) is 0 Å². The number of hydrogen-bond donors (Lipinski definition) is 1. The molecule has 0 aromatic heterocycles. The van der Waals surface area contributed by atoms with Crippen LogP contribution in [0.4, 0.5) is 10.5 Å². The topological polar surface area (TPSA) is 67.9 Å². The molecule has 1 saturated heterocycles. The van der Waals surface area contributed by atoms with Crippen LogP contribution in [-0.2, 0) is 19.7 Å². The monoisotopic (exact) mass is 394 g/mol. The van der Waals surface area contributed by atoms with Crippen LogP contribution in [-0.4, -0.2) is 41.9 Å². The molecule has 6 heteroatoms. The van der Waals surface area contributed by atoms with Crippen LogP contribution in [0.15, 0.2) is 54.6 Å². The van der Waals surface area contributed by atoms with Crippen LogP contribution in [0.2, 0.25) is 0 Å². The summed E-state index contributed by atoms with van der Waals surface area (Å²) in [7, 11) is 1.35. The molecule has 1 amide bonds. The Morgan fingerprint density at radius 2 is 1.72 bits per heavy atom. The summed E-state index contributed by atoms with van der Waals surface area (Å²) in [5.74, 6) is -0.445. The first-order chi connectivity index (χ1) is 13.8. The largest absolute Gasteiger partial charge is 0.467 e. The number of amides is 1. The molecule has 2 aromatic carbocycles. The number of methoxy groups -OCH3 is 1. The fraction of sp³-hybridized carbons (Fsp3) is 0.391. The summed E-state index contributed by atoms with van der Waals surface area (Å²) < 4.78 is 10.7. The number of benzene rings is 2. The van der Waals surface area contributed by atoms with Crippen molar-refractivity contribution in [3.05, 3.63) is 65.7 Å². The smallest absolute Gasteiger partial charge is 0.412 e. The molecule has 0 spiro atoms. The van der Waals surface area contributed by atoms with E-state index in [2.05, 4.69) is 11.4 Å². The summed E-state index contributed by atoms with van der Waals surface area (Å²) >= 11 is 0. The molecule has 0 bridgehead atoms. The van der Waals surface area contributed by atoms with Gasteiger partial charge in [-0.15, -0.1) is 0 Å². The van der Waals surface area contributed by atoms with E-state index in [-0.39, 0.29) is 0 Å². The van der Waals surface area contributed by atoms with E-state index >= 15 is 0 Å². The Hall–Kier alpha value is -3.02. The van der Waals surface area contributed by atoms with Crippen LogP contribution >= 0.6 is 0 Å². The minimum absolute atomic E-state index is 0.414. The molecule has 0 radical (unpaired) electrons. The number of ether oxygens (including phenoxy) is 2. The van der Waals surface area contributed by atoms with E-state index in [0.29, 0.717) is 6.42 Å². The van der Waals surface area contributed by atoms with E-state index in [4.69, 9.17) is 9.47 Å². The lowest BCUT2D eigenvalue weighted by Gasteiger charge is -2.34. The van der Waals surface area contributed by atoms with Crippen LogP contribution < -0.4 is 5.32 Å². The highest BCUT2D eigenvalue weighted by molar-refractivity contribution is 5.85. The van der Waals surface area contributed by atoms with Gasteiger partial charge in [-0.1, -0.05) is 48.5 Å². The Balaban J connectivity index is 1.88. The molecule has 152 valence electrons. The third-order valence-electron chi connectivity index (χ3n) is 5.66. The molecule has 1 fully saturated rings. The molecule has 4 rings (SSSR count). The van der Waals surface area contributed by atoms with E-state index in [0.717, 1.165) is 16.8 Å². The summed E-state index contributed by atoms with van der Waals surface area (Å²) in [6, 6.07) is 17.3. The lowest BCUT2D eigenvalue weighted by Crippen LogP contribution is -2.51. The summed E-state index contributed by atoms with van der Waals surface area (Å²) in [4.78, 5) is 27.4. The number of carbonyl (C=O) groups excluding carboxylic acids is 2. The minimum atomic E-state index is -0.749. The zero-order chi connectivity index (χ0) is 20.8. The van der Waals surface area contributed by atoms with Crippen molar-refractivity contribution in [3.8, 4) is 0 Å². The van der Waals surface area contributed by atoms with E-state index in [1.807, 2.05) is 69.3 Å². The van der Waals surface area contributed by atoms with Crippen LogP contribution in [0.3, 0.4) is 0 Å². The standard InChI is InChI=1S/C23H26N2O4/c1-22(2,3)29-21(27)25-18(19(26)28-4)14-23(15-10-6-5-7-11-15)16-12-8-9-13-17(16)24-20(23)25/h5-13,18,20,24H,14H2,1-4H3/t18-,20-,23+/m0/s1. The van der Waals surface area contributed by atoms with Gasteiger partial charge in [-0.25, -0.2) is 9.59 Å². The summed E-state index contributed by atoms with van der Waals surface area (Å²) in [5.41, 5.74) is 1.81. The van der Waals surface area contributed by atoms with Gasteiger partial charge in [0.2, 0.25) is 0 Å². The highest BCUT2D eigenvalue weighted by Crippen LogP contribution is 2.55. The molecular formula is C23H26N2O4. The number of rotatable bonds is 2. The average molecular weight is 394 g/mol. The SMILES string of the molecule is COC(=O)[C@@H]1C[C@@]2(c3ccccc3)c3ccccc3N[C@H]2N1C(=O)OC(C)(C)C. The van der Waals surface area contributed by atoms with Crippen LogP contribution in [0.5, 0.6) is 0 Å². The number of nitrogens with zero attached hydrogens (tertiary/aromatic N) is 1. The normalized spacial score (nSPS) is 25.0. The van der Waals surface area contributed by atoms with Gasteiger partial charge in [0.1, 0.15) is 17.8 Å². The highest BCUT2D eigenvalue weighted by Gasteiger charge is 2.62. The molecule has 2 aliphatic rings. The van der Waals surface area contributed by atoms with Gasteiger partial charge < -0.3 is 14.8 Å². The maximum absolute atomic E-state index is 13.2. The van der Waals surface area contributed by atoms with Crippen molar-refractivity contribution in [1.82, 2.24) is 4.90 Å². The molecule has 2 aliphatic heterocycles. The van der Waals surface area contributed by atoms with Crippen molar-refractivity contribution < 1.29 is 19.1 Å². The summed E-state index contributed by atoms with van der Waals surface area (Å²) in [6.45, 7) is 5.44. The Kier molecular flexibility index (Phi) is 4.52. The Labute approximate surface area is 170 Å². The van der Waals surface area contributed by atoms with Gasteiger partial charge in [-0.05, 0) is 44.4 Å². The number of likely N-dealkylation sites (tertiary alicyclic amines) is 1. The second kappa shape index (κ2) is 6.79. The lowest BCUT2D eigenvalue weighted by molar-refractivity contribution is -0.146. The molecule has 0 unspecified atom stereocenters. The third-order valence-corrected chi connectivity index (χ3v) is 5.66. The van der Waals surface area contributed by atoms with Crippen molar-refractivity contribution in [2.75, 3.05) is 12.4 Å². The van der Waals surface area contributed by atoms with Gasteiger partial charge in [0, 0.05) is 5.69 Å². The molecule has 0 aliphatic carbocycles. The van der Waals surface area contributed by atoms with Gasteiger partial charge in [-0.3, -0.25) is 4.90 Å². The van der Waals surface area contributed by atoms with Crippen molar-refractivity contribution >= 4 is 17.7 Å². The van der Waals surface area contributed by atoms with Crippen molar-refractivity contribution in [2.45, 2.75) is 50.4 Å². The maximum Gasteiger partial charge on any atom is 0.412 e. The number of nitrogens with one attached hydrogen (secondary N) is 1. The number of hydrogen-bond acceptors (Lipinski definition) is 5.